The summed E-state index contributed by atoms with van der Waals surface area (Å²) in [6.07, 6.45) is 0. The van der Waals surface area contributed by atoms with Crippen molar-refractivity contribution in [3.8, 4) is 0 Å². The average Bonchev–Trinajstić information content (AvgIpc) is 2.68. The molecule has 0 unspecified atom stereocenters. The quantitative estimate of drug-likeness (QED) is 0.272. The van der Waals surface area contributed by atoms with Gasteiger partial charge >= 0.3 is 17.1 Å². The van der Waals surface area contributed by atoms with Crippen LogP contribution in [0.2, 0.25) is 54.4 Å². The van der Waals surface area contributed by atoms with Crippen LogP contribution in [0.15, 0.2) is 0 Å². The molecule has 0 heterocycles. The van der Waals surface area contributed by atoms with Crippen LogP contribution in [0.5, 0.6) is 0 Å². The molecule has 0 amide bonds. The highest BCUT2D eigenvalue weighted by molar-refractivity contribution is 6.89. The lowest BCUT2D eigenvalue weighted by atomic mass is 10.9. The maximum Gasteiger partial charge on any atom is 0.318 e. The average molecular weight is 423 g/mol. The Morgan fingerprint density at radius 3 is 1.20 bits per heavy atom. The molecule has 0 aromatic rings. The van der Waals surface area contributed by atoms with Gasteiger partial charge in [-0.1, -0.05) is 62.3 Å². The predicted molar refractivity (Wildman–Crippen MR) is 122 cm³/mol. The monoisotopic (exact) mass is 422 g/mol. The van der Waals surface area contributed by atoms with Gasteiger partial charge in [0.05, 0.1) is 0 Å². The summed E-state index contributed by atoms with van der Waals surface area (Å²) in [5.74, 6) is 0. The van der Waals surface area contributed by atoms with Crippen LogP contribution in [0.25, 0.3) is 0 Å². The second-order valence-corrected chi connectivity index (χ2v) is 23.7. The second-order valence-electron chi connectivity index (χ2n) is 7.24. The minimum Gasteiger partial charge on any atom is -0.439 e. The first-order valence-corrected chi connectivity index (χ1v) is 20.0. The summed E-state index contributed by atoms with van der Waals surface area (Å²) in [5.41, 5.74) is 0. The van der Waals surface area contributed by atoms with E-state index in [1.54, 1.807) is 0 Å². The van der Waals surface area contributed by atoms with E-state index in [2.05, 4.69) is 62.3 Å². The third-order valence-electron chi connectivity index (χ3n) is 6.15. The smallest absolute Gasteiger partial charge is 0.318 e. The number of hydrogen-bond acceptors (Lipinski definition) is 3. The maximum absolute atomic E-state index is 7.12. The summed E-state index contributed by atoms with van der Waals surface area (Å²) >= 11 is 0. The van der Waals surface area contributed by atoms with Crippen LogP contribution in [-0.4, -0.2) is 34.5 Å². The number of hydrogen-bond donors (Lipinski definition) is 0. The summed E-state index contributed by atoms with van der Waals surface area (Å²) in [7, 11) is -7.12. The van der Waals surface area contributed by atoms with Crippen LogP contribution in [-0.2, 0) is 12.3 Å². The molecule has 0 saturated heterocycles. The summed E-state index contributed by atoms with van der Waals surface area (Å²) in [6, 6.07) is 10.3. The molecule has 0 rings (SSSR count). The molecular formula is C18H46O3Si4. The Labute approximate surface area is 163 Å². The molecule has 0 radical (unpaired) electrons. The van der Waals surface area contributed by atoms with Crippen molar-refractivity contribution in [3.63, 3.8) is 0 Å². The van der Waals surface area contributed by atoms with E-state index >= 15 is 0 Å². The lowest BCUT2D eigenvalue weighted by molar-refractivity contribution is 0.306. The molecule has 0 atom stereocenters. The molecule has 0 aliphatic carbocycles. The molecule has 0 fully saturated rings. The van der Waals surface area contributed by atoms with E-state index in [-0.39, 0.29) is 0 Å². The van der Waals surface area contributed by atoms with E-state index in [0.717, 1.165) is 24.2 Å². The largest absolute Gasteiger partial charge is 0.439 e. The predicted octanol–water partition coefficient (Wildman–Crippen LogP) is 6.77. The zero-order valence-corrected chi connectivity index (χ0v) is 22.8. The van der Waals surface area contributed by atoms with Crippen molar-refractivity contribution < 1.29 is 12.3 Å². The minimum atomic E-state index is -2.19. The lowest BCUT2D eigenvalue weighted by Crippen LogP contribution is -2.60. The van der Waals surface area contributed by atoms with Gasteiger partial charge in [-0.3, -0.25) is 0 Å². The molecule has 3 nitrogen and oxygen atoms in total. The Bertz CT molecular complexity index is 331. The third-order valence-corrected chi connectivity index (χ3v) is 25.4. The van der Waals surface area contributed by atoms with Crippen LogP contribution in [0.1, 0.15) is 62.3 Å². The van der Waals surface area contributed by atoms with E-state index in [1.807, 2.05) is 0 Å². The fourth-order valence-electron chi connectivity index (χ4n) is 3.60. The molecule has 0 aliphatic heterocycles. The molecule has 0 aliphatic rings. The first-order valence-electron chi connectivity index (χ1n) is 10.9. The van der Waals surface area contributed by atoms with E-state index < -0.39 is 34.5 Å². The van der Waals surface area contributed by atoms with Crippen molar-refractivity contribution in [2.45, 2.75) is 117 Å². The molecule has 0 aromatic carbocycles. The van der Waals surface area contributed by atoms with Gasteiger partial charge in [-0.2, -0.15) is 0 Å². The van der Waals surface area contributed by atoms with Crippen LogP contribution < -0.4 is 0 Å². The van der Waals surface area contributed by atoms with Crippen LogP contribution in [0.3, 0.4) is 0 Å². The highest BCUT2D eigenvalue weighted by Gasteiger charge is 2.49. The van der Waals surface area contributed by atoms with E-state index in [9.17, 15) is 0 Å². The lowest BCUT2D eigenvalue weighted by Gasteiger charge is -2.45. The highest BCUT2D eigenvalue weighted by Crippen LogP contribution is 2.35. The third kappa shape index (κ3) is 7.01. The Morgan fingerprint density at radius 1 is 0.520 bits per heavy atom. The molecule has 0 aromatic heterocycles. The van der Waals surface area contributed by atoms with Gasteiger partial charge in [0.15, 0.2) is 17.4 Å². The maximum atomic E-state index is 7.12. The van der Waals surface area contributed by atoms with Gasteiger partial charge in [0.1, 0.15) is 0 Å². The summed E-state index contributed by atoms with van der Waals surface area (Å²) in [5, 5.41) is 0. The van der Waals surface area contributed by atoms with Crippen LogP contribution >= 0.6 is 0 Å². The Kier molecular flexibility index (Phi) is 12.6. The molecule has 0 spiro atoms. The van der Waals surface area contributed by atoms with E-state index in [0.29, 0.717) is 0 Å². The highest BCUT2D eigenvalue weighted by atomic mass is 28.5. The molecule has 0 saturated carbocycles. The first-order chi connectivity index (χ1) is 11.8. The molecule has 152 valence electrons. The molecule has 0 bridgehead atoms. The van der Waals surface area contributed by atoms with Crippen molar-refractivity contribution in [2.75, 3.05) is 0 Å². The molecule has 25 heavy (non-hydrogen) atoms. The van der Waals surface area contributed by atoms with Crippen molar-refractivity contribution in [3.05, 3.63) is 0 Å². The summed E-state index contributed by atoms with van der Waals surface area (Å²) in [4.78, 5) is 0. The number of rotatable bonds is 15. The van der Waals surface area contributed by atoms with Gasteiger partial charge in [0.25, 0.3) is 0 Å². The fourth-order valence-corrected chi connectivity index (χ4v) is 24.0. The Balaban J connectivity index is 5.66. The second kappa shape index (κ2) is 12.3. The van der Waals surface area contributed by atoms with Crippen molar-refractivity contribution in [1.29, 1.82) is 0 Å². The molecular weight excluding hydrogens is 377 g/mol. The van der Waals surface area contributed by atoms with Crippen molar-refractivity contribution in [2.24, 2.45) is 0 Å². The van der Waals surface area contributed by atoms with E-state index in [1.165, 1.54) is 30.2 Å². The van der Waals surface area contributed by atoms with Crippen LogP contribution in [0, 0.1) is 0 Å². The fraction of sp³-hybridized carbons (Fsp3) is 1.00. The molecule has 0 N–H and O–H groups in total. The minimum absolute atomic E-state index is 1.06. The normalized spacial score (nSPS) is 13.7. The topological polar surface area (TPSA) is 27.7 Å². The van der Waals surface area contributed by atoms with Gasteiger partial charge in [0, 0.05) is 0 Å². The van der Waals surface area contributed by atoms with Crippen LogP contribution in [0.4, 0.5) is 0 Å². The SMILES string of the molecule is CC[SiH](CC)O[Si](CC)(CC)O[Si](CC)(CC)O[Si](CC)(CC)CC. The van der Waals surface area contributed by atoms with Crippen molar-refractivity contribution in [1.82, 2.24) is 0 Å². The van der Waals surface area contributed by atoms with Gasteiger partial charge in [0.2, 0.25) is 0 Å². The van der Waals surface area contributed by atoms with Crippen molar-refractivity contribution >= 4 is 34.5 Å². The standard InChI is InChI=1S/C18H46O3Si4/c1-10-22(11-2)19-24(15-6,16-7)21-25(17-8,18-9)20-23(12-3,13-4)14-5/h22H,10-18H2,1-9H3. The first kappa shape index (κ1) is 25.7. The zero-order valence-electron chi connectivity index (χ0n) is 18.7. The van der Waals surface area contributed by atoms with Gasteiger partial charge in [-0.15, -0.1) is 0 Å². The zero-order chi connectivity index (χ0) is 19.6. The summed E-state index contributed by atoms with van der Waals surface area (Å²) in [6.45, 7) is 20.7. The Hall–Kier alpha value is 0.748. The van der Waals surface area contributed by atoms with E-state index in [4.69, 9.17) is 12.3 Å². The Morgan fingerprint density at radius 2 is 0.920 bits per heavy atom. The van der Waals surface area contributed by atoms with Gasteiger partial charge < -0.3 is 12.3 Å². The van der Waals surface area contributed by atoms with Gasteiger partial charge in [-0.25, -0.2) is 0 Å². The summed E-state index contributed by atoms with van der Waals surface area (Å²) < 4.78 is 21.1. The van der Waals surface area contributed by atoms with Gasteiger partial charge in [-0.05, 0) is 54.4 Å². The molecule has 7 heteroatoms.